The molecular formula is C15H20N2O3. The van der Waals surface area contributed by atoms with Crippen molar-refractivity contribution >= 4 is 11.8 Å². The van der Waals surface area contributed by atoms with Crippen molar-refractivity contribution in [3.8, 4) is 0 Å². The van der Waals surface area contributed by atoms with Gasteiger partial charge in [0.15, 0.2) is 0 Å². The molecular weight excluding hydrogens is 256 g/mol. The number of piperazine rings is 1. The van der Waals surface area contributed by atoms with Crippen molar-refractivity contribution in [2.45, 2.75) is 26.0 Å². The van der Waals surface area contributed by atoms with Gasteiger partial charge in [-0.15, -0.1) is 0 Å². The molecule has 20 heavy (non-hydrogen) atoms. The van der Waals surface area contributed by atoms with E-state index in [0.717, 1.165) is 5.56 Å². The van der Waals surface area contributed by atoms with Gasteiger partial charge >= 0.3 is 0 Å². The highest BCUT2D eigenvalue weighted by atomic mass is 16.5. The summed E-state index contributed by atoms with van der Waals surface area (Å²) in [6.45, 7) is 3.39. The number of nitrogens with one attached hydrogen (secondary N) is 1. The molecule has 5 heteroatoms. The number of ether oxygens (including phenoxy) is 1. The molecule has 0 spiro atoms. The van der Waals surface area contributed by atoms with Crippen LogP contribution in [0, 0.1) is 0 Å². The smallest absolute Gasteiger partial charge is 0.249 e. The van der Waals surface area contributed by atoms with Gasteiger partial charge in [0.1, 0.15) is 12.6 Å². The Kier molecular flexibility index (Phi) is 5.12. The molecule has 1 aromatic rings. The second kappa shape index (κ2) is 7.05. The zero-order valence-corrected chi connectivity index (χ0v) is 11.7. The van der Waals surface area contributed by atoms with Crippen molar-refractivity contribution in [1.82, 2.24) is 10.2 Å². The van der Waals surface area contributed by atoms with E-state index in [9.17, 15) is 9.59 Å². The number of hydrogen-bond donors (Lipinski definition) is 1. The first-order valence-corrected chi connectivity index (χ1v) is 6.91. The predicted octanol–water partition coefficient (Wildman–Crippen LogP) is 0.940. The summed E-state index contributed by atoms with van der Waals surface area (Å²) in [5.74, 6) is -0.196. The highest BCUT2D eigenvalue weighted by molar-refractivity contribution is 5.89. The number of carbonyl (C=O) groups excluding carboxylic acids is 2. The Morgan fingerprint density at radius 1 is 1.40 bits per heavy atom. The minimum absolute atomic E-state index is 0.0126. The molecule has 1 heterocycles. The quantitative estimate of drug-likeness (QED) is 0.870. The molecule has 2 rings (SSSR count). The molecule has 0 aliphatic carbocycles. The fraction of sp³-hybridized carbons (Fsp3) is 0.467. The van der Waals surface area contributed by atoms with Gasteiger partial charge in [0, 0.05) is 13.1 Å². The van der Waals surface area contributed by atoms with Crippen molar-refractivity contribution < 1.29 is 14.3 Å². The lowest BCUT2D eigenvalue weighted by atomic mass is 10.1. The Hall–Kier alpha value is -1.88. The summed E-state index contributed by atoms with van der Waals surface area (Å²) >= 11 is 0. The molecule has 1 N–H and O–H groups in total. The summed E-state index contributed by atoms with van der Waals surface area (Å²) in [7, 11) is 0. The van der Waals surface area contributed by atoms with E-state index in [2.05, 4.69) is 5.32 Å². The van der Waals surface area contributed by atoms with Crippen LogP contribution in [0.2, 0.25) is 0 Å². The highest BCUT2D eigenvalue weighted by Crippen LogP contribution is 2.09. The minimum atomic E-state index is -0.364. The molecule has 0 aromatic heterocycles. The first-order chi connectivity index (χ1) is 9.72. The number of carbonyl (C=O) groups is 2. The van der Waals surface area contributed by atoms with E-state index in [-0.39, 0.29) is 24.5 Å². The standard InChI is InChI=1S/C15H20N2O3/c1-2-13-15(19)16-8-9-17(13)14(18)11-20-10-12-6-4-3-5-7-12/h3-7,13H,2,8-11H2,1H3,(H,16,19). The minimum Gasteiger partial charge on any atom is -0.367 e. The molecule has 0 bridgehead atoms. The molecule has 1 aliphatic rings. The lowest BCUT2D eigenvalue weighted by Crippen LogP contribution is -2.57. The van der Waals surface area contributed by atoms with E-state index in [1.807, 2.05) is 37.3 Å². The molecule has 1 aromatic carbocycles. The third-order valence-electron chi connectivity index (χ3n) is 3.37. The topological polar surface area (TPSA) is 58.6 Å². The van der Waals surface area contributed by atoms with Gasteiger partial charge < -0.3 is 15.0 Å². The van der Waals surface area contributed by atoms with Crippen molar-refractivity contribution in [1.29, 1.82) is 0 Å². The van der Waals surface area contributed by atoms with Gasteiger partial charge in [-0.25, -0.2) is 0 Å². The lowest BCUT2D eigenvalue weighted by molar-refractivity contribution is -0.147. The van der Waals surface area contributed by atoms with Crippen LogP contribution < -0.4 is 5.32 Å². The first kappa shape index (κ1) is 14.5. The van der Waals surface area contributed by atoms with Crippen LogP contribution in [-0.2, 0) is 20.9 Å². The lowest BCUT2D eigenvalue weighted by Gasteiger charge is -2.34. The van der Waals surface area contributed by atoms with Crippen LogP contribution in [0.4, 0.5) is 0 Å². The van der Waals surface area contributed by atoms with Gasteiger partial charge in [0.2, 0.25) is 11.8 Å². The monoisotopic (exact) mass is 276 g/mol. The summed E-state index contributed by atoms with van der Waals surface area (Å²) in [5, 5.41) is 2.78. The van der Waals surface area contributed by atoms with Crippen molar-refractivity contribution in [2.24, 2.45) is 0 Å². The van der Waals surface area contributed by atoms with Gasteiger partial charge in [-0.3, -0.25) is 9.59 Å². The number of hydrogen-bond acceptors (Lipinski definition) is 3. The van der Waals surface area contributed by atoms with Crippen LogP contribution >= 0.6 is 0 Å². The number of amides is 2. The summed E-state index contributed by atoms with van der Waals surface area (Å²) in [6.07, 6.45) is 0.621. The molecule has 1 aliphatic heterocycles. The molecule has 1 atom stereocenters. The second-order valence-electron chi connectivity index (χ2n) is 4.78. The van der Waals surface area contributed by atoms with Gasteiger partial charge in [0.25, 0.3) is 0 Å². The Bertz CT molecular complexity index is 461. The predicted molar refractivity (Wildman–Crippen MR) is 74.9 cm³/mol. The maximum Gasteiger partial charge on any atom is 0.249 e. The number of rotatable bonds is 5. The van der Waals surface area contributed by atoms with E-state index in [1.54, 1.807) is 4.90 Å². The summed E-state index contributed by atoms with van der Waals surface area (Å²) in [4.78, 5) is 25.4. The summed E-state index contributed by atoms with van der Waals surface area (Å²) in [5.41, 5.74) is 1.03. The Balaban J connectivity index is 1.83. The van der Waals surface area contributed by atoms with Crippen LogP contribution in [-0.4, -0.2) is 42.5 Å². The van der Waals surface area contributed by atoms with E-state index in [0.29, 0.717) is 26.1 Å². The molecule has 1 fully saturated rings. The fourth-order valence-electron chi connectivity index (χ4n) is 2.33. The fourth-order valence-corrected chi connectivity index (χ4v) is 2.33. The molecule has 1 unspecified atom stereocenters. The SMILES string of the molecule is CCC1C(=O)NCCN1C(=O)COCc1ccccc1. The molecule has 1 saturated heterocycles. The van der Waals surface area contributed by atoms with E-state index < -0.39 is 0 Å². The van der Waals surface area contributed by atoms with E-state index >= 15 is 0 Å². The average Bonchev–Trinajstić information content (AvgIpc) is 2.48. The number of nitrogens with zero attached hydrogens (tertiary/aromatic N) is 1. The van der Waals surface area contributed by atoms with E-state index in [4.69, 9.17) is 4.74 Å². The van der Waals surface area contributed by atoms with Crippen LogP contribution in [0.15, 0.2) is 30.3 Å². The van der Waals surface area contributed by atoms with Crippen LogP contribution in [0.25, 0.3) is 0 Å². The average molecular weight is 276 g/mol. The van der Waals surface area contributed by atoms with Crippen LogP contribution in [0.5, 0.6) is 0 Å². The Morgan fingerprint density at radius 3 is 2.85 bits per heavy atom. The number of benzene rings is 1. The van der Waals surface area contributed by atoms with Crippen LogP contribution in [0.3, 0.4) is 0 Å². The summed E-state index contributed by atoms with van der Waals surface area (Å²) < 4.78 is 5.44. The van der Waals surface area contributed by atoms with Gasteiger partial charge in [-0.05, 0) is 12.0 Å². The van der Waals surface area contributed by atoms with E-state index in [1.165, 1.54) is 0 Å². The molecule has 108 valence electrons. The third kappa shape index (κ3) is 3.57. The zero-order chi connectivity index (χ0) is 14.4. The largest absolute Gasteiger partial charge is 0.367 e. The van der Waals surface area contributed by atoms with Crippen LogP contribution in [0.1, 0.15) is 18.9 Å². The first-order valence-electron chi connectivity index (χ1n) is 6.91. The molecule has 0 saturated carbocycles. The second-order valence-corrected chi connectivity index (χ2v) is 4.78. The van der Waals surface area contributed by atoms with Gasteiger partial charge in [-0.1, -0.05) is 37.3 Å². The molecule has 5 nitrogen and oxygen atoms in total. The van der Waals surface area contributed by atoms with Gasteiger partial charge in [0.05, 0.1) is 6.61 Å². The van der Waals surface area contributed by atoms with Crippen molar-refractivity contribution in [2.75, 3.05) is 19.7 Å². The zero-order valence-electron chi connectivity index (χ0n) is 11.7. The summed E-state index contributed by atoms with van der Waals surface area (Å²) in [6, 6.07) is 9.34. The Labute approximate surface area is 118 Å². The Morgan fingerprint density at radius 2 is 2.15 bits per heavy atom. The maximum atomic E-state index is 12.1. The molecule has 2 amide bonds. The normalized spacial score (nSPS) is 18.8. The highest BCUT2D eigenvalue weighted by Gasteiger charge is 2.31. The molecule has 0 radical (unpaired) electrons. The van der Waals surface area contributed by atoms with Gasteiger partial charge in [-0.2, -0.15) is 0 Å². The maximum absolute atomic E-state index is 12.1. The van der Waals surface area contributed by atoms with Crippen molar-refractivity contribution in [3.63, 3.8) is 0 Å². The third-order valence-corrected chi connectivity index (χ3v) is 3.37. The van der Waals surface area contributed by atoms with Crippen molar-refractivity contribution in [3.05, 3.63) is 35.9 Å².